The molecule has 1 aliphatic rings. The first-order chi connectivity index (χ1) is 12.8. The van der Waals surface area contributed by atoms with E-state index in [1.165, 1.54) is 5.57 Å². The summed E-state index contributed by atoms with van der Waals surface area (Å²) >= 11 is 0. The molecule has 1 N–H and O–H groups in total. The van der Waals surface area contributed by atoms with Gasteiger partial charge in [-0.25, -0.2) is 0 Å². The fourth-order valence-corrected chi connectivity index (χ4v) is 3.70. The van der Waals surface area contributed by atoms with Gasteiger partial charge in [0.2, 0.25) is 0 Å². The number of carbonyl (C=O) groups excluding carboxylic acids is 2. The largest absolute Gasteiger partial charge is 0.352 e. The van der Waals surface area contributed by atoms with E-state index in [4.69, 9.17) is 0 Å². The van der Waals surface area contributed by atoms with Crippen LogP contribution < -0.4 is 5.32 Å². The van der Waals surface area contributed by atoms with Gasteiger partial charge in [-0.3, -0.25) is 9.59 Å². The van der Waals surface area contributed by atoms with E-state index in [0.717, 1.165) is 0 Å². The van der Waals surface area contributed by atoms with E-state index in [1.54, 1.807) is 36.4 Å². The molecule has 2 atom stereocenters. The molecule has 0 radical (unpaired) electrons. The van der Waals surface area contributed by atoms with Gasteiger partial charge in [0.15, 0.2) is 5.78 Å². The third-order valence-corrected chi connectivity index (χ3v) is 5.58. The molecule has 0 unspecified atom stereocenters. The molecule has 2 aromatic carbocycles. The number of carbonyl (C=O) groups is 2. The molecule has 1 aliphatic carbocycles. The Balaban J connectivity index is 1.60. The first-order valence-electron chi connectivity index (χ1n) is 9.43. The Labute approximate surface area is 161 Å². The third-order valence-electron chi connectivity index (χ3n) is 5.58. The number of hydrogen-bond acceptors (Lipinski definition) is 2. The summed E-state index contributed by atoms with van der Waals surface area (Å²) in [5.41, 5.74) is 3.37. The molecule has 0 spiro atoms. The maximum absolute atomic E-state index is 12.5. The number of rotatable bonds is 6. The SMILES string of the molecule is CC(C)=C[C@H]1[C@@H](CNC(=O)c2ccc(C(=O)c3ccccc3)cc2)C1(C)C. The van der Waals surface area contributed by atoms with Crippen LogP contribution in [0.4, 0.5) is 0 Å². The van der Waals surface area contributed by atoms with Crippen molar-refractivity contribution in [3.8, 4) is 0 Å². The summed E-state index contributed by atoms with van der Waals surface area (Å²) in [7, 11) is 0. The van der Waals surface area contributed by atoms with E-state index in [9.17, 15) is 9.59 Å². The van der Waals surface area contributed by atoms with Crippen LogP contribution in [0.2, 0.25) is 0 Å². The van der Waals surface area contributed by atoms with Crippen LogP contribution in [0.15, 0.2) is 66.2 Å². The Hall–Kier alpha value is -2.68. The Morgan fingerprint density at radius 1 is 0.926 bits per heavy atom. The van der Waals surface area contributed by atoms with Gasteiger partial charge in [-0.1, -0.05) is 68.0 Å². The minimum absolute atomic E-state index is 0.0353. The fourth-order valence-electron chi connectivity index (χ4n) is 3.70. The standard InChI is InChI=1S/C24H27NO2/c1-16(2)14-20-21(24(20,3)4)15-25-23(27)19-12-10-18(11-13-19)22(26)17-8-6-5-7-9-17/h5-14,20-21H,15H2,1-4H3,(H,25,27)/t20-,21+/m0/s1. The second-order valence-corrected chi connectivity index (χ2v) is 8.18. The van der Waals surface area contributed by atoms with Crippen LogP contribution in [0.25, 0.3) is 0 Å². The highest BCUT2D eigenvalue weighted by Crippen LogP contribution is 2.58. The highest BCUT2D eigenvalue weighted by atomic mass is 16.1. The molecular formula is C24H27NO2. The fraction of sp³-hybridized carbons (Fsp3) is 0.333. The van der Waals surface area contributed by atoms with Gasteiger partial charge in [-0.05, 0) is 43.2 Å². The van der Waals surface area contributed by atoms with Gasteiger partial charge in [0.05, 0.1) is 0 Å². The second-order valence-electron chi connectivity index (χ2n) is 8.18. The minimum atomic E-state index is -0.0904. The van der Waals surface area contributed by atoms with Crippen molar-refractivity contribution in [3.05, 3.63) is 82.9 Å². The van der Waals surface area contributed by atoms with Crippen LogP contribution >= 0.6 is 0 Å². The Morgan fingerprint density at radius 2 is 1.48 bits per heavy atom. The predicted molar refractivity (Wildman–Crippen MR) is 109 cm³/mol. The van der Waals surface area contributed by atoms with E-state index in [2.05, 4.69) is 39.1 Å². The zero-order valence-electron chi connectivity index (χ0n) is 16.5. The summed E-state index contributed by atoms with van der Waals surface area (Å²) < 4.78 is 0. The summed E-state index contributed by atoms with van der Waals surface area (Å²) in [5.74, 6) is 0.864. The van der Waals surface area contributed by atoms with E-state index in [-0.39, 0.29) is 17.1 Å². The van der Waals surface area contributed by atoms with Crippen molar-refractivity contribution >= 4 is 11.7 Å². The first-order valence-corrected chi connectivity index (χ1v) is 9.43. The molecule has 140 valence electrons. The van der Waals surface area contributed by atoms with Crippen molar-refractivity contribution in [2.45, 2.75) is 27.7 Å². The van der Waals surface area contributed by atoms with E-state index in [0.29, 0.717) is 35.1 Å². The van der Waals surface area contributed by atoms with Crippen molar-refractivity contribution in [1.29, 1.82) is 0 Å². The zero-order chi connectivity index (χ0) is 19.6. The van der Waals surface area contributed by atoms with Crippen LogP contribution in [0.1, 0.15) is 54.0 Å². The summed E-state index contributed by atoms with van der Waals surface area (Å²) in [4.78, 5) is 24.9. The molecule has 1 saturated carbocycles. The highest BCUT2D eigenvalue weighted by molar-refractivity contribution is 6.09. The maximum Gasteiger partial charge on any atom is 0.251 e. The van der Waals surface area contributed by atoms with E-state index in [1.807, 2.05) is 18.2 Å². The molecule has 0 bridgehead atoms. The molecule has 3 heteroatoms. The molecule has 27 heavy (non-hydrogen) atoms. The van der Waals surface area contributed by atoms with Crippen molar-refractivity contribution in [1.82, 2.24) is 5.32 Å². The van der Waals surface area contributed by atoms with Crippen molar-refractivity contribution in [2.24, 2.45) is 17.3 Å². The molecule has 0 aromatic heterocycles. The highest BCUT2D eigenvalue weighted by Gasteiger charge is 2.55. The zero-order valence-corrected chi connectivity index (χ0v) is 16.5. The lowest BCUT2D eigenvalue weighted by atomic mass is 10.0. The Bertz CT molecular complexity index is 859. The van der Waals surface area contributed by atoms with Crippen molar-refractivity contribution in [2.75, 3.05) is 6.54 Å². The number of amides is 1. The van der Waals surface area contributed by atoms with Crippen molar-refractivity contribution in [3.63, 3.8) is 0 Å². The van der Waals surface area contributed by atoms with Crippen LogP contribution in [-0.2, 0) is 0 Å². The lowest BCUT2D eigenvalue weighted by Gasteiger charge is -2.07. The molecule has 0 saturated heterocycles. The second kappa shape index (κ2) is 7.51. The van der Waals surface area contributed by atoms with Gasteiger partial charge in [-0.15, -0.1) is 0 Å². The average Bonchev–Trinajstić information content (AvgIpc) is 3.17. The molecule has 1 fully saturated rings. The smallest absolute Gasteiger partial charge is 0.251 e. The normalized spacial score (nSPS) is 19.9. The molecule has 0 aliphatic heterocycles. The molecular weight excluding hydrogens is 334 g/mol. The van der Waals surface area contributed by atoms with Crippen LogP contribution in [0.3, 0.4) is 0 Å². The summed E-state index contributed by atoms with van der Waals surface area (Å²) in [5, 5.41) is 3.05. The lowest BCUT2D eigenvalue weighted by molar-refractivity contribution is 0.0949. The number of allylic oxidation sites excluding steroid dienone is 2. The molecule has 3 rings (SSSR count). The minimum Gasteiger partial charge on any atom is -0.352 e. The molecule has 2 aromatic rings. The van der Waals surface area contributed by atoms with Crippen LogP contribution in [-0.4, -0.2) is 18.2 Å². The van der Waals surface area contributed by atoms with Gasteiger partial charge in [0.1, 0.15) is 0 Å². The van der Waals surface area contributed by atoms with Gasteiger partial charge < -0.3 is 5.32 Å². The average molecular weight is 361 g/mol. The summed E-state index contributed by atoms with van der Waals surface area (Å²) in [6.45, 7) is 9.39. The van der Waals surface area contributed by atoms with E-state index >= 15 is 0 Å². The van der Waals surface area contributed by atoms with Gasteiger partial charge in [0, 0.05) is 23.2 Å². The quantitative estimate of drug-likeness (QED) is 0.588. The first kappa shape index (κ1) is 19.1. The van der Waals surface area contributed by atoms with Crippen LogP contribution in [0, 0.1) is 17.3 Å². The van der Waals surface area contributed by atoms with Crippen LogP contribution in [0.5, 0.6) is 0 Å². The summed E-state index contributed by atoms with van der Waals surface area (Å²) in [6.07, 6.45) is 2.31. The molecule has 0 heterocycles. The number of hydrogen-bond donors (Lipinski definition) is 1. The number of nitrogens with one attached hydrogen (secondary N) is 1. The van der Waals surface area contributed by atoms with E-state index < -0.39 is 0 Å². The van der Waals surface area contributed by atoms with Gasteiger partial charge >= 0.3 is 0 Å². The van der Waals surface area contributed by atoms with Crippen molar-refractivity contribution < 1.29 is 9.59 Å². The Kier molecular flexibility index (Phi) is 5.31. The molecule has 3 nitrogen and oxygen atoms in total. The van der Waals surface area contributed by atoms with Gasteiger partial charge in [0.25, 0.3) is 5.91 Å². The monoisotopic (exact) mass is 361 g/mol. The topological polar surface area (TPSA) is 46.2 Å². The molecule has 1 amide bonds. The summed E-state index contributed by atoms with van der Waals surface area (Å²) in [6, 6.07) is 16.0. The predicted octanol–water partition coefficient (Wildman–Crippen LogP) is 4.89. The lowest BCUT2D eigenvalue weighted by Crippen LogP contribution is -2.26. The Morgan fingerprint density at radius 3 is 2.07 bits per heavy atom. The van der Waals surface area contributed by atoms with Gasteiger partial charge in [-0.2, -0.15) is 0 Å². The third kappa shape index (κ3) is 4.19. The number of ketones is 1. The maximum atomic E-state index is 12.5. The number of benzene rings is 2.